The standard InChI is InChI=1S/C69H50N2O2/c1-5-18-63-43(2)70(60-25-12-15-28-64(60)72-63)48-34-38-55-56(41-48)67(47-32-31-44-19-6-7-20-45(44)39-47)54-37-35-49(71-61-26-13-16-29-65(61)73-66-30-17-14-27-62(66)71)42-57(54)68(55)53-23-9-8-21-50(53)46-33-36-52-51-22-10-11-24-58(51)69(3,4)59(52)40-46/h5-42H,1-4H3/b18-5-. The fourth-order valence-electron chi connectivity index (χ4n) is 12.1. The van der Waals surface area contributed by atoms with E-state index in [9.17, 15) is 0 Å². The smallest absolute Gasteiger partial charge is 0.151 e. The molecule has 4 heteroatoms. The topological polar surface area (TPSA) is 24.9 Å². The number of para-hydroxylation sites is 6. The summed E-state index contributed by atoms with van der Waals surface area (Å²) in [5.74, 6) is 3.29. The molecule has 0 atom stereocenters. The Morgan fingerprint density at radius 3 is 1.64 bits per heavy atom. The summed E-state index contributed by atoms with van der Waals surface area (Å²) in [6, 6.07) is 80.0. The van der Waals surface area contributed by atoms with Crippen molar-refractivity contribution in [1.29, 1.82) is 0 Å². The Labute approximate surface area is 426 Å². The Hall–Kier alpha value is -9.12. The molecule has 2 aliphatic heterocycles. The molecule has 0 bridgehead atoms. The van der Waals surface area contributed by atoms with Gasteiger partial charge in [0.1, 0.15) is 5.76 Å². The van der Waals surface area contributed by atoms with Crippen LogP contribution in [0, 0.1) is 0 Å². The maximum absolute atomic E-state index is 6.56. The molecule has 2 heterocycles. The molecule has 0 N–H and O–H groups in total. The van der Waals surface area contributed by atoms with Crippen LogP contribution >= 0.6 is 0 Å². The highest BCUT2D eigenvalue weighted by atomic mass is 16.5. The molecule has 0 fully saturated rings. The monoisotopic (exact) mass is 938 g/mol. The van der Waals surface area contributed by atoms with Gasteiger partial charge >= 0.3 is 0 Å². The molecule has 73 heavy (non-hydrogen) atoms. The van der Waals surface area contributed by atoms with E-state index < -0.39 is 0 Å². The van der Waals surface area contributed by atoms with Crippen LogP contribution in [-0.2, 0) is 5.41 Å². The Balaban J connectivity index is 1.09. The molecule has 0 aromatic heterocycles. The van der Waals surface area contributed by atoms with Crippen molar-refractivity contribution in [3.05, 3.63) is 253 Å². The van der Waals surface area contributed by atoms with Crippen LogP contribution in [0.25, 0.3) is 76.8 Å². The molecule has 3 aliphatic rings. The number of anilines is 5. The van der Waals surface area contributed by atoms with E-state index in [2.05, 4.69) is 237 Å². The second kappa shape index (κ2) is 16.5. The van der Waals surface area contributed by atoms with Gasteiger partial charge in [0, 0.05) is 16.8 Å². The summed E-state index contributed by atoms with van der Waals surface area (Å²) in [4.78, 5) is 4.72. The number of benzene rings is 11. The Morgan fingerprint density at radius 2 is 0.932 bits per heavy atom. The number of rotatable bonds is 6. The molecule has 348 valence electrons. The van der Waals surface area contributed by atoms with Crippen LogP contribution in [0.3, 0.4) is 0 Å². The third-order valence-corrected chi connectivity index (χ3v) is 15.5. The summed E-state index contributed by atoms with van der Waals surface area (Å²) < 4.78 is 13.1. The van der Waals surface area contributed by atoms with Crippen molar-refractivity contribution < 1.29 is 9.47 Å². The van der Waals surface area contributed by atoms with Crippen LogP contribution in [-0.4, -0.2) is 0 Å². The lowest BCUT2D eigenvalue weighted by Crippen LogP contribution is -2.22. The zero-order valence-corrected chi connectivity index (χ0v) is 41.2. The zero-order chi connectivity index (χ0) is 49.0. The molecular formula is C69H50N2O2. The fraction of sp³-hybridized carbons (Fsp3) is 0.0725. The summed E-state index contributed by atoms with van der Waals surface area (Å²) >= 11 is 0. The molecule has 0 unspecified atom stereocenters. The van der Waals surface area contributed by atoms with Crippen molar-refractivity contribution in [2.45, 2.75) is 33.1 Å². The van der Waals surface area contributed by atoms with Gasteiger partial charge in [-0.15, -0.1) is 0 Å². The number of hydrogen-bond donors (Lipinski definition) is 0. The Kier molecular flexibility index (Phi) is 9.65. The van der Waals surface area contributed by atoms with E-state index >= 15 is 0 Å². The SMILES string of the molecule is C/C=C\C1=C(C)N(c2ccc3c(-c4ccccc4-c4ccc5c(c4)C(C)(C)c4ccccc4-5)c4cc(N5c6ccccc6Oc6ccccc65)ccc4c(-c4ccc5ccccc5c4)c3c2)c2ccccc2O1. The van der Waals surface area contributed by atoms with Crippen LogP contribution in [0.2, 0.25) is 0 Å². The third kappa shape index (κ3) is 6.60. The number of fused-ring (bicyclic) bond motifs is 9. The minimum atomic E-state index is -0.148. The van der Waals surface area contributed by atoms with E-state index in [0.29, 0.717) is 0 Å². The van der Waals surface area contributed by atoms with Gasteiger partial charge in [-0.1, -0.05) is 166 Å². The zero-order valence-electron chi connectivity index (χ0n) is 41.2. The molecule has 0 radical (unpaired) electrons. The van der Waals surface area contributed by atoms with Gasteiger partial charge in [0.25, 0.3) is 0 Å². The molecule has 11 aromatic carbocycles. The molecule has 1 aliphatic carbocycles. The van der Waals surface area contributed by atoms with E-state index in [1.54, 1.807) is 0 Å². The van der Waals surface area contributed by atoms with E-state index in [1.807, 2.05) is 31.2 Å². The largest absolute Gasteiger partial charge is 0.453 e. The van der Waals surface area contributed by atoms with Gasteiger partial charge in [-0.3, -0.25) is 0 Å². The maximum Gasteiger partial charge on any atom is 0.151 e. The minimum Gasteiger partial charge on any atom is -0.453 e. The highest BCUT2D eigenvalue weighted by molar-refractivity contribution is 6.24. The molecular weight excluding hydrogens is 889 g/mol. The van der Waals surface area contributed by atoms with Crippen LogP contribution in [0.1, 0.15) is 38.8 Å². The molecule has 0 spiro atoms. The quantitative estimate of drug-likeness (QED) is 0.155. The van der Waals surface area contributed by atoms with Gasteiger partial charge in [0.15, 0.2) is 17.2 Å². The number of hydrogen-bond acceptors (Lipinski definition) is 4. The van der Waals surface area contributed by atoms with Crippen molar-refractivity contribution in [2.75, 3.05) is 9.80 Å². The van der Waals surface area contributed by atoms with Crippen molar-refractivity contribution in [2.24, 2.45) is 0 Å². The minimum absolute atomic E-state index is 0.148. The van der Waals surface area contributed by atoms with Gasteiger partial charge in [-0.05, 0) is 181 Å². The lowest BCUT2D eigenvalue weighted by molar-refractivity contribution is 0.428. The number of allylic oxidation sites excluding steroid dienone is 3. The second-order valence-electron chi connectivity index (χ2n) is 20.0. The average molecular weight is 939 g/mol. The second-order valence-corrected chi connectivity index (χ2v) is 20.0. The first-order valence-electron chi connectivity index (χ1n) is 25.3. The first-order valence-corrected chi connectivity index (χ1v) is 25.3. The summed E-state index contributed by atoms with van der Waals surface area (Å²) in [6.45, 7) is 8.93. The van der Waals surface area contributed by atoms with Crippen LogP contribution in [0.4, 0.5) is 28.4 Å². The lowest BCUT2D eigenvalue weighted by Gasteiger charge is -2.34. The van der Waals surface area contributed by atoms with Gasteiger partial charge in [0.05, 0.1) is 22.8 Å². The van der Waals surface area contributed by atoms with Gasteiger partial charge < -0.3 is 19.3 Å². The van der Waals surface area contributed by atoms with Gasteiger partial charge in [-0.2, -0.15) is 0 Å². The predicted molar refractivity (Wildman–Crippen MR) is 304 cm³/mol. The summed E-state index contributed by atoms with van der Waals surface area (Å²) in [7, 11) is 0. The van der Waals surface area contributed by atoms with E-state index in [1.165, 1.54) is 60.8 Å². The lowest BCUT2D eigenvalue weighted by atomic mass is 9.80. The van der Waals surface area contributed by atoms with Crippen LogP contribution < -0.4 is 19.3 Å². The molecule has 11 aromatic rings. The number of ether oxygens (including phenoxy) is 2. The molecule has 14 rings (SSSR count). The Bertz CT molecular complexity index is 4130. The van der Waals surface area contributed by atoms with Crippen molar-refractivity contribution in [3.8, 4) is 61.8 Å². The van der Waals surface area contributed by atoms with Crippen LogP contribution in [0.15, 0.2) is 242 Å². The molecule has 0 saturated heterocycles. The third-order valence-electron chi connectivity index (χ3n) is 15.5. The van der Waals surface area contributed by atoms with Crippen molar-refractivity contribution in [3.63, 3.8) is 0 Å². The molecule has 0 saturated carbocycles. The van der Waals surface area contributed by atoms with Gasteiger partial charge in [-0.25, -0.2) is 0 Å². The highest BCUT2D eigenvalue weighted by Gasteiger charge is 2.36. The van der Waals surface area contributed by atoms with Crippen molar-refractivity contribution >= 4 is 60.8 Å². The Morgan fingerprint density at radius 1 is 0.397 bits per heavy atom. The normalized spacial score (nSPS) is 14.2. The maximum atomic E-state index is 6.56. The summed E-state index contributed by atoms with van der Waals surface area (Å²) in [5, 5.41) is 7.06. The number of nitrogens with zero attached hydrogens (tertiary/aromatic N) is 2. The van der Waals surface area contributed by atoms with Gasteiger partial charge in [0.2, 0.25) is 0 Å². The molecule has 4 nitrogen and oxygen atoms in total. The van der Waals surface area contributed by atoms with Crippen LogP contribution in [0.5, 0.6) is 17.2 Å². The first-order chi connectivity index (χ1) is 35.8. The van der Waals surface area contributed by atoms with E-state index in [4.69, 9.17) is 9.47 Å². The average Bonchev–Trinajstić information content (AvgIpc) is 3.66. The van der Waals surface area contributed by atoms with Crippen molar-refractivity contribution in [1.82, 2.24) is 0 Å². The molecule has 0 amide bonds. The summed E-state index contributed by atoms with van der Waals surface area (Å²) in [5.41, 5.74) is 18.4. The highest BCUT2D eigenvalue weighted by Crippen LogP contribution is 2.55. The van der Waals surface area contributed by atoms with E-state index in [0.717, 1.165) is 84.3 Å². The fourth-order valence-corrected chi connectivity index (χ4v) is 12.1. The first kappa shape index (κ1) is 42.7. The predicted octanol–water partition coefficient (Wildman–Crippen LogP) is 19.4. The summed E-state index contributed by atoms with van der Waals surface area (Å²) in [6.07, 6.45) is 4.10. The van der Waals surface area contributed by atoms with E-state index in [-0.39, 0.29) is 5.41 Å².